The van der Waals surface area contributed by atoms with Gasteiger partial charge in [-0.3, -0.25) is 0 Å². The van der Waals surface area contributed by atoms with E-state index in [0.29, 0.717) is 16.2 Å². The van der Waals surface area contributed by atoms with Gasteiger partial charge in [0.2, 0.25) is 0 Å². The molecule has 0 N–H and O–H groups in total. The summed E-state index contributed by atoms with van der Waals surface area (Å²) in [4.78, 5) is 0. The van der Waals surface area contributed by atoms with Crippen molar-refractivity contribution in [2.45, 2.75) is 106 Å². The molecule has 6 atom stereocenters. The standard InChI is InChI=1S/C23H42/c1-7-9-19-16-22(6)18(3)10-11-20-21(4,5)13-8-14-23(20,22)15-12-17(19)2/h17-20H,7-16H2,1-6H3. The first-order chi connectivity index (χ1) is 10.8. The second-order valence-corrected chi connectivity index (χ2v) is 10.7. The van der Waals surface area contributed by atoms with E-state index in [4.69, 9.17) is 0 Å². The van der Waals surface area contributed by atoms with Crippen molar-refractivity contribution in [3.05, 3.63) is 0 Å². The SMILES string of the molecule is CCCC1CC2(C)C(C)CCC3C(C)(C)CCCC32CCC1C. The van der Waals surface area contributed by atoms with Crippen LogP contribution >= 0.6 is 0 Å². The maximum atomic E-state index is 2.74. The van der Waals surface area contributed by atoms with E-state index in [1.807, 2.05) is 0 Å². The summed E-state index contributed by atoms with van der Waals surface area (Å²) in [7, 11) is 0. The minimum Gasteiger partial charge on any atom is -0.0654 e. The van der Waals surface area contributed by atoms with Crippen LogP contribution in [0.3, 0.4) is 0 Å². The van der Waals surface area contributed by atoms with Gasteiger partial charge in [0.25, 0.3) is 0 Å². The van der Waals surface area contributed by atoms with Gasteiger partial charge in [-0.1, -0.05) is 60.8 Å². The van der Waals surface area contributed by atoms with Crippen LogP contribution in [0.4, 0.5) is 0 Å². The van der Waals surface area contributed by atoms with Gasteiger partial charge >= 0.3 is 0 Å². The largest absolute Gasteiger partial charge is 0.0654 e. The Morgan fingerprint density at radius 1 is 0.913 bits per heavy atom. The Bertz CT molecular complexity index is 422. The fourth-order valence-corrected chi connectivity index (χ4v) is 7.75. The Kier molecular flexibility index (Phi) is 4.70. The highest BCUT2D eigenvalue weighted by Gasteiger charge is 2.62. The molecular formula is C23H42. The molecule has 0 amide bonds. The van der Waals surface area contributed by atoms with Crippen LogP contribution < -0.4 is 0 Å². The second-order valence-electron chi connectivity index (χ2n) is 10.7. The molecular weight excluding hydrogens is 276 g/mol. The van der Waals surface area contributed by atoms with Crippen LogP contribution in [0.2, 0.25) is 0 Å². The van der Waals surface area contributed by atoms with Gasteiger partial charge in [-0.05, 0) is 84.9 Å². The van der Waals surface area contributed by atoms with E-state index < -0.39 is 0 Å². The Morgan fingerprint density at radius 3 is 2.35 bits per heavy atom. The van der Waals surface area contributed by atoms with Gasteiger partial charge < -0.3 is 0 Å². The Balaban J connectivity index is 2.03. The fourth-order valence-electron chi connectivity index (χ4n) is 7.75. The molecule has 0 aliphatic heterocycles. The third-order valence-corrected chi connectivity index (χ3v) is 9.36. The normalized spacial score (nSPS) is 49.8. The lowest BCUT2D eigenvalue weighted by molar-refractivity contribution is -0.165. The van der Waals surface area contributed by atoms with Crippen molar-refractivity contribution in [1.29, 1.82) is 0 Å². The minimum atomic E-state index is 0.577. The smallest absolute Gasteiger partial charge is 0.0207 e. The van der Waals surface area contributed by atoms with Crippen molar-refractivity contribution in [1.82, 2.24) is 0 Å². The summed E-state index contributed by atoms with van der Waals surface area (Å²) in [5, 5.41) is 0. The summed E-state index contributed by atoms with van der Waals surface area (Å²) in [6, 6.07) is 0. The highest BCUT2D eigenvalue weighted by atomic mass is 14.7. The van der Waals surface area contributed by atoms with Crippen molar-refractivity contribution in [3.8, 4) is 0 Å². The van der Waals surface area contributed by atoms with Crippen LogP contribution in [-0.2, 0) is 0 Å². The zero-order valence-corrected chi connectivity index (χ0v) is 16.9. The van der Waals surface area contributed by atoms with Crippen molar-refractivity contribution in [2.75, 3.05) is 0 Å². The van der Waals surface area contributed by atoms with Crippen LogP contribution in [0.1, 0.15) is 106 Å². The first-order valence-corrected chi connectivity index (χ1v) is 10.8. The molecule has 134 valence electrons. The molecule has 0 aromatic heterocycles. The third-order valence-electron chi connectivity index (χ3n) is 9.36. The van der Waals surface area contributed by atoms with Crippen molar-refractivity contribution >= 4 is 0 Å². The number of hydrogen-bond donors (Lipinski definition) is 0. The molecule has 6 unspecified atom stereocenters. The monoisotopic (exact) mass is 318 g/mol. The van der Waals surface area contributed by atoms with Crippen molar-refractivity contribution < 1.29 is 0 Å². The van der Waals surface area contributed by atoms with Gasteiger partial charge in [-0.15, -0.1) is 0 Å². The number of rotatable bonds is 2. The van der Waals surface area contributed by atoms with Crippen LogP contribution in [0.15, 0.2) is 0 Å². The third kappa shape index (κ3) is 2.62. The summed E-state index contributed by atoms with van der Waals surface area (Å²) in [6.45, 7) is 15.5. The molecule has 0 aromatic carbocycles. The van der Waals surface area contributed by atoms with Gasteiger partial charge in [0.05, 0.1) is 0 Å². The van der Waals surface area contributed by atoms with E-state index in [0.717, 1.165) is 23.7 Å². The average molecular weight is 319 g/mol. The van der Waals surface area contributed by atoms with E-state index >= 15 is 0 Å². The summed E-state index contributed by atoms with van der Waals surface area (Å²) in [6.07, 6.45) is 14.9. The molecule has 3 saturated carbocycles. The molecule has 0 bridgehead atoms. The molecule has 0 heteroatoms. The zero-order valence-electron chi connectivity index (χ0n) is 16.9. The first-order valence-electron chi connectivity index (χ1n) is 10.8. The van der Waals surface area contributed by atoms with Crippen molar-refractivity contribution in [2.24, 2.45) is 39.9 Å². The van der Waals surface area contributed by atoms with E-state index in [-0.39, 0.29) is 0 Å². The molecule has 0 radical (unpaired) electrons. The Morgan fingerprint density at radius 2 is 1.65 bits per heavy atom. The van der Waals surface area contributed by atoms with Gasteiger partial charge in [0.15, 0.2) is 0 Å². The molecule has 0 nitrogen and oxygen atoms in total. The lowest BCUT2D eigenvalue weighted by Gasteiger charge is -2.66. The van der Waals surface area contributed by atoms with Crippen LogP contribution in [0.5, 0.6) is 0 Å². The predicted molar refractivity (Wildman–Crippen MR) is 101 cm³/mol. The van der Waals surface area contributed by atoms with E-state index in [1.54, 1.807) is 0 Å². The summed E-state index contributed by atoms with van der Waals surface area (Å²) >= 11 is 0. The Hall–Kier alpha value is 0. The molecule has 0 saturated heterocycles. The quantitative estimate of drug-likeness (QED) is 0.495. The van der Waals surface area contributed by atoms with E-state index in [9.17, 15) is 0 Å². The maximum absolute atomic E-state index is 2.74. The zero-order chi connectivity index (χ0) is 16.9. The molecule has 3 aliphatic rings. The van der Waals surface area contributed by atoms with Crippen LogP contribution in [0, 0.1) is 39.9 Å². The van der Waals surface area contributed by atoms with E-state index in [1.165, 1.54) is 64.2 Å². The number of hydrogen-bond acceptors (Lipinski definition) is 0. The van der Waals surface area contributed by atoms with Gasteiger partial charge in [-0.2, -0.15) is 0 Å². The van der Waals surface area contributed by atoms with Crippen molar-refractivity contribution in [3.63, 3.8) is 0 Å². The molecule has 0 heterocycles. The second kappa shape index (κ2) is 6.06. The molecule has 23 heavy (non-hydrogen) atoms. The molecule has 3 fully saturated rings. The highest BCUT2D eigenvalue weighted by Crippen LogP contribution is 2.71. The summed E-state index contributed by atoms with van der Waals surface area (Å²) < 4.78 is 0. The average Bonchev–Trinajstić information content (AvgIpc) is 2.58. The predicted octanol–water partition coefficient (Wildman–Crippen LogP) is 7.47. The molecule has 3 aliphatic carbocycles. The fraction of sp³-hybridized carbons (Fsp3) is 1.00. The molecule has 1 spiro atoms. The lowest BCUT2D eigenvalue weighted by atomic mass is 9.39. The summed E-state index contributed by atoms with van der Waals surface area (Å²) in [5.74, 6) is 3.84. The highest BCUT2D eigenvalue weighted by molar-refractivity contribution is 5.11. The first kappa shape index (κ1) is 17.8. The molecule has 3 rings (SSSR count). The molecule has 0 aromatic rings. The van der Waals surface area contributed by atoms with Crippen LogP contribution in [-0.4, -0.2) is 0 Å². The van der Waals surface area contributed by atoms with Gasteiger partial charge in [0.1, 0.15) is 0 Å². The Labute approximate surface area is 146 Å². The maximum Gasteiger partial charge on any atom is -0.0207 e. The van der Waals surface area contributed by atoms with Crippen LogP contribution in [0.25, 0.3) is 0 Å². The topological polar surface area (TPSA) is 0 Å². The minimum absolute atomic E-state index is 0.577. The van der Waals surface area contributed by atoms with Gasteiger partial charge in [-0.25, -0.2) is 0 Å². The summed E-state index contributed by atoms with van der Waals surface area (Å²) in [5.41, 5.74) is 1.83. The van der Waals surface area contributed by atoms with E-state index in [2.05, 4.69) is 41.5 Å². The lowest BCUT2D eigenvalue weighted by Crippen LogP contribution is -2.58. The van der Waals surface area contributed by atoms with Gasteiger partial charge in [0, 0.05) is 0 Å².